The van der Waals surface area contributed by atoms with E-state index in [1.165, 1.54) is 18.2 Å². The number of hydrogen-bond acceptors (Lipinski definition) is 4. The molecule has 1 saturated carbocycles. The first kappa shape index (κ1) is 28.0. The predicted molar refractivity (Wildman–Crippen MR) is 152 cm³/mol. The highest BCUT2D eigenvalue weighted by Gasteiger charge is 2.48. The normalized spacial score (nSPS) is 16.0. The van der Waals surface area contributed by atoms with Gasteiger partial charge in [0.1, 0.15) is 11.6 Å². The summed E-state index contributed by atoms with van der Waals surface area (Å²) in [6, 6.07) is 20.5. The molecule has 0 radical (unpaired) electrons. The number of amides is 1. The zero-order chi connectivity index (χ0) is 29.5. The van der Waals surface area contributed by atoms with Crippen molar-refractivity contribution in [2.24, 2.45) is 0 Å². The van der Waals surface area contributed by atoms with Crippen molar-refractivity contribution in [1.82, 2.24) is 14.9 Å². The smallest absolute Gasteiger partial charge is 0.406 e. The Hall–Kier alpha value is -4.11. The summed E-state index contributed by atoms with van der Waals surface area (Å²) in [7, 11) is 0. The van der Waals surface area contributed by atoms with Crippen LogP contribution in [-0.4, -0.2) is 33.7 Å². The van der Waals surface area contributed by atoms with Crippen molar-refractivity contribution in [3.05, 3.63) is 116 Å². The van der Waals surface area contributed by atoms with E-state index >= 15 is 0 Å². The van der Waals surface area contributed by atoms with Crippen LogP contribution in [0.5, 0.6) is 5.75 Å². The van der Waals surface area contributed by atoms with Gasteiger partial charge in [-0.2, -0.15) is 0 Å². The number of hydrogen-bond donors (Lipinski definition) is 1. The second-order valence-corrected chi connectivity index (χ2v) is 11.2. The van der Waals surface area contributed by atoms with E-state index in [1.807, 2.05) is 24.3 Å². The van der Waals surface area contributed by atoms with Gasteiger partial charge < -0.3 is 14.6 Å². The minimum Gasteiger partial charge on any atom is -0.406 e. The van der Waals surface area contributed by atoms with Crippen molar-refractivity contribution >= 4 is 17.5 Å². The maximum atomic E-state index is 13.4. The molecule has 0 saturated heterocycles. The Morgan fingerprint density at radius 2 is 1.76 bits per heavy atom. The van der Waals surface area contributed by atoms with E-state index in [0.29, 0.717) is 52.5 Å². The molecule has 1 aromatic heterocycles. The molecule has 1 aliphatic carbocycles. The Labute approximate surface area is 245 Å². The van der Waals surface area contributed by atoms with Crippen LogP contribution in [-0.2, 0) is 29.6 Å². The number of aryl methyl sites for hydroxylation is 1. The second kappa shape index (κ2) is 10.9. The summed E-state index contributed by atoms with van der Waals surface area (Å²) in [5, 5.41) is 0.638. The van der Waals surface area contributed by atoms with E-state index in [-0.39, 0.29) is 35.6 Å². The Bertz CT molecular complexity index is 1720. The number of aromatic nitrogens is 2. The first-order chi connectivity index (χ1) is 20.1. The van der Waals surface area contributed by atoms with Crippen LogP contribution in [0.2, 0.25) is 5.02 Å². The first-order valence-corrected chi connectivity index (χ1v) is 14.1. The monoisotopic (exact) mass is 593 g/mol. The van der Waals surface area contributed by atoms with Crippen molar-refractivity contribution in [3.8, 4) is 16.9 Å². The summed E-state index contributed by atoms with van der Waals surface area (Å²) in [4.78, 5) is 36.3. The van der Waals surface area contributed by atoms with Crippen molar-refractivity contribution in [2.45, 2.75) is 50.4 Å². The highest BCUT2D eigenvalue weighted by molar-refractivity contribution is 6.30. The number of carbonyl (C=O) groups excluding carboxylic acids is 1. The highest BCUT2D eigenvalue weighted by Crippen LogP contribution is 2.52. The quantitative estimate of drug-likeness (QED) is 0.274. The SMILES string of the molecule is O=C(Cc1cccc(-c2cccc(OC(F)(F)F)c2)c1)N1CCCc2nc(C3(c4cccc(Cl)c4)CC3)[nH]c(=O)c2C1. The molecule has 1 N–H and O–H groups in total. The van der Waals surface area contributed by atoms with Gasteiger partial charge in [-0.15, -0.1) is 13.2 Å². The molecule has 4 aromatic rings. The van der Waals surface area contributed by atoms with Gasteiger partial charge in [-0.05, 0) is 72.2 Å². The van der Waals surface area contributed by atoms with Gasteiger partial charge in [0.2, 0.25) is 5.91 Å². The lowest BCUT2D eigenvalue weighted by molar-refractivity contribution is -0.274. The standard InChI is InChI=1S/C32H27ClF3N3O3/c33-24-9-3-8-23(18-24)31(12-13-31)30-37-27-11-4-14-39(19-26(27)29(41)38-30)28(40)16-20-5-1-6-21(15-20)22-7-2-10-25(17-22)42-32(34,35)36/h1-3,5-10,15,17-18H,4,11-14,16,19H2,(H,37,38,41). The van der Waals surface area contributed by atoms with E-state index < -0.39 is 6.36 Å². The number of ether oxygens (including phenoxy) is 1. The minimum absolute atomic E-state index is 0.0865. The van der Waals surface area contributed by atoms with Gasteiger partial charge in [-0.3, -0.25) is 9.59 Å². The maximum absolute atomic E-state index is 13.4. The molecule has 1 aliphatic heterocycles. The number of halogens is 4. The molecule has 3 aromatic carbocycles. The molecule has 216 valence electrons. The molecule has 1 fully saturated rings. The number of H-pyrrole nitrogens is 1. The molecule has 6 nitrogen and oxygen atoms in total. The number of carbonyl (C=O) groups is 1. The van der Waals surface area contributed by atoms with Crippen molar-refractivity contribution in [3.63, 3.8) is 0 Å². The molecule has 2 heterocycles. The van der Waals surface area contributed by atoms with Crippen LogP contribution in [0, 0.1) is 0 Å². The van der Waals surface area contributed by atoms with Gasteiger partial charge in [0.25, 0.3) is 5.56 Å². The number of nitrogens with zero attached hydrogens (tertiary/aromatic N) is 2. The molecular formula is C32H27ClF3N3O3. The van der Waals surface area contributed by atoms with Gasteiger partial charge in [0.15, 0.2) is 0 Å². The lowest BCUT2D eigenvalue weighted by Gasteiger charge is -2.21. The number of benzene rings is 3. The summed E-state index contributed by atoms with van der Waals surface area (Å²) < 4.78 is 42.1. The van der Waals surface area contributed by atoms with Gasteiger partial charge in [0.05, 0.1) is 29.6 Å². The fraction of sp³-hybridized carbons (Fsp3) is 0.281. The van der Waals surface area contributed by atoms with Gasteiger partial charge in [0, 0.05) is 11.6 Å². The molecule has 2 aliphatic rings. The van der Waals surface area contributed by atoms with Crippen LogP contribution >= 0.6 is 11.6 Å². The maximum Gasteiger partial charge on any atom is 0.573 e. The summed E-state index contributed by atoms with van der Waals surface area (Å²) in [6.45, 7) is 0.650. The van der Waals surface area contributed by atoms with Crippen molar-refractivity contribution in [2.75, 3.05) is 6.54 Å². The average molecular weight is 594 g/mol. The van der Waals surface area contributed by atoms with Crippen LogP contribution in [0.4, 0.5) is 13.2 Å². The molecule has 42 heavy (non-hydrogen) atoms. The van der Waals surface area contributed by atoms with Gasteiger partial charge in [-0.25, -0.2) is 4.98 Å². The van der Waals surface area contributed by atoms with E-state index in [2.05, 4.69) is 9.72 Å². The Balaban J connectivity index is 1.19. The van der Waals surface area contributed by atoms with E-state index in [9.17, 15) is 22.8 Å². The summed E-state index contributed by atoms with van der Waals surface area (Å²) >= 11 is 6.23. The Kier molecular flexibility index (Phi) is 7.30. The third-order valence-corrected chi connectivity index (χ3v) is 8.14. The van der Waals surface area contributed by atoms with Crippen LogP contribution in [0.15, 0.2) is 77.6 Å². The van der Waals surface area contributed by atoms with Crippen molar-refractivity contribution in [1.29, 1.82) is 0 Å². The summed E-state index contributed by atoms with van der Waals surface area (Å²) in [6.07, 6.45) is -1.69. The first-order valence-electron chi connectivity index (χ1n) is 13.7. The summed E-state index contributed by atoms with van der Waals surface area (Å²) in [5.41, 5.74) is 3.59. The fourth-order valence-electron chi connectivity index (χ4n) is 5.65. The van der Waals surface area contributed by atoms with E-state index in [4.69, 9.17) is 16.6 Å². The Morgan fingerprint density at radius 1 is 1.02 bits per heavy atom. The number of fused-ring (bicyclic) bond motifs is 1. The lowest BCUT2D eigenvalue weighted by Crippen LogP contribution is -2.34. The molecular weight excluding hydrogens is 567 g/mol. The third-order valence-electron chi connectivity index (χ3n) is 7.91. The largest absolute Gasteiger partial charge is 0.573 e. The molecule has 0 spiro atoms. The van der Waals surface area contributed by atoms with E-state index in [1.54, 1.807) is 35.2 Å². The molecule has 6 rings (SSSR count). The van der Waals surface area contributed by atoms with Gasteiger partial charge >= 0.3 is 6.36 Å². The molecule has 10 heteroatoms. The number of alkyl halides is 3. The Morgan fingerprint density at radius 3 is 2.50 bits per heavy atom. The molecule has 0 unspecified atom stereocenters. The number of aromatic amines is 1. The van der Waals surface area contributed by atoms with Crippen LogP contribution in [0.3, 0.4) is 0 Å². The van der Waals surface area contributed by atoms with E-state index in [0.717, 1.165) is 24.1 Å². The van der Waals surface area contributed by atoms with Crippen LogP contribution < -0.4 is 10.3 Å². The fourth-order valence-corrected chi connectivity index (χ4v) is 5.84. The second-order valence-electron chi connectivity index (χ2n) is 10.8. The zero-order valence-corrected chi connectivity index (χ0v) is 23.3. The van der Waals surface area contributed by atoms with Crippen molar-refractivity contribution < 1.29 is 22.7 Å². The number of rotatable bonds is 6. The minimum atomic E-state index is -4.78. The third kappa shape index (κ3) is 5.92. The summed E-state index contributed by atoms with van der Waals surface area (Å²) in [5.74, 6) is 0.192. The topological polar surface area (TPSA) is 75.3 Å². The molecule has 0 bridgehead atoms. The number of nitrogens with one attached hydrogen (secondary N) is 1. The zero-order valence-electron chi connectivity index (χ0n) is 22.5. The predicted octanol–water partition coefficient (Wildman–Crippen LogP) is 6.59. The highest BCUT2D eigenvalue weighted by atomic mass is 35.5. The van der Waals surface area contributed by atoms with Gasteiger partial charge in [-0.1, -0.05) is 60.1 Å². The average Bonchev–Trinajstić information content (AvgIpc) is 3.77. The molecule has 1 amide bonds. The lowest BCUT2D eigenvalue weighted by atomic mass is 9.94. The van der Waals surface area contributed by atoms with Crippen LogP contribution in [0.1, 0.15) is 47.5 Å². The van der Waals surface area contributed by atoms with Crippen LogP contribution in [0.25, 0.3) is 11.1 Å². The molecule has 0 atom stereocenters.